The summed E-state index contributed by atoms with van der Waals surface area (Å²) in [5, 5.41) is 14.5. The number of rotatable bonds is 7. The molecular formula is C25H28N2O5. The zero-order valence-corrected chi connectivity index (χ0v) is 18.0. The van der Waals surface area contributed by atoms with Gasteiger partial charge in [0.2, 0.25) is 5.91 Å². The Kier molecular flexibility index (Phi) is 6.44. The third-order valence-corrected chi connectivity index (χ3v) is 6.34. The van der Waals surface area contributed by atoms with Gasteiger partial charge in [-0.1, -0.05) is 48.5 Å². The van der Waals surface area contributed by atoms with E-state index in [1.165, 1.54) is 11.1 Å². The lowest BCUT2D eigenvalue weighted by molar-refractivity contribution is -0.137. The minimum atomic E-state index is -0.945. The molecule has 4 rings (SSSR count). The number of carboxylic acid groups (broad SMARTS) is 1. The number of carboxylic acids is 1. The zero-order chi connectivity index (χ0) is 22.7. The molecule has 0 spiro atoms. The molecule has 7 heteroatoms. The maximum absolute atomic E-state index is 12.5. The summed E-state index contributed by atoms with van der Waals surface area (Å²) in [6.07, 6.45) is 1.28. The van der Waals surface area contributed by atoms with Crippen molar-refractivity contribution in [2.45, 2.75) is 50.6 Å². The number of amides is 2. The number of ether oxygens (including phenoxy) is 1. The van der Waals surface area contributed by atoms with E-state index < -0.39 is 18.1 Å². The van der Waals surface area contributed by atoms with Crippen molar-refractivity contribution in [3.63, 3.8) is 0 Å². The van der Waals surface area contributed by atoms with E-state index in [0.29, 0.717) is 19.3 Å². The Bertz CT molecular complexity index is 975. The molecule has 1 saturated carbocycles. The lowest BCUT2D eigenvalue weighted by Crippen LogP contribution is -2.39. The Morgan fingerprint density at radius 2 is 1.66 bits per heavy atom. The average Bonchev–Trinajstić information content (AvgIpc) is 3.34. The van der Waals surface area contributed by atoms with Crippen LogP contribution in [0.2, 0.25) is 0 Å². The highest BCUT2D eigenvalue weighted by Gasteiger charge is 2.33. The number of carbonyl (C=O) groups is 3. The molecule has 1 fully saturated rings. The number of benzene rings is 2. The maximum Gasteiger partial charge on any atom is 0.407 e. The molecular weight excluding hydrogens is 408 g/mol. The molecule has 0 bridgehead atoms. The highest BCUT2D eigenvalue weighted by atomic mass is 16.5. The first-order valence-corrected chi connectivity index (χ1v) is 11.1. The van der Waals surface area contributed by atoms with Crippen LogP contribution in [0.4, 0.5) is 4.79 Å². The summed E-state index contributed by atoms with van der Waals surface area (Å²) in [5.41, 5.74) is 4.68. The summed E-state index contributed by atoms with van der Waals surface area (Å²) in [4.78, 5) is 35.6. The van der Waals surface area contributed by atoms with Crippen LogP contribution in [0.1, 0.15) is 49.7 Å². The molecule has 2 aliphatic rings. The fraction of sp³-hybridized carbons (Fsp3) is 0.400. The lowest BCUT2D eigenvalue weighted by atomic mass is 9.98. The molecule has 3 N–H and O–H groups in total. The Balaban J connectivity index is 1.28. The van der Waals surface area contributed by atoms with Crippen LogP contribution in [0, 0.1) is 5.92 Å². The SMILES string of the molecule is C[C@@H](CC(=O)O)NC(=O)[C@H]1CC[C@@H](NC(=O)OCC2c3ccccc3-c3ccccc32)C1. The van der Waals surface area contributed by atoms with Gasteiger partial charge in [0, 0.05) is 23.9 Å². The number of carbonyl (C=O) groups excluding carboxylic acids is 2. The molecule has 168 valence electrons. The first-order chi connectivity index (χ1) is 15.4. The van der Waals surface area contributed by atoms with Crippen LogP contribution in [0.25, 0.3) is 11.1 Å². The summed E-state index contributed by atoms with van der Waals surface area (Å²) < 4.78 is 5.59. The van der Waals surface area contributed by atoms with Gasteiger partial charge in [0.25, 0.3) is 0 Å². The Labute approximate surface area is 187 Å². The fourth-order valence-corrected chi connectivity index (χ4v) is 4.83. The minimum absolute atomic E-state index is 0.00553. The number of alkyl carbamates (subject to hydrolysis) is 1. The molecule has 0 saturated heterocycles. The molecule has 2 amide bonds. The second-order valence-electron chi connectivity index (χ2n) is 8.68. The van der Waals surface area contributed by atoms with Crippen LogP contribution >= 0.6 is 0 Å². The van der Waals surface area contributed by atoms with Crippen molar-refractivity contribution in [1.29, 1.82) is 0 Å². The van der Waals surface area contributed by atoms with Gasteiger partial charge < -0.3 is 20.5 Å². The van der Waals surface area contributed by atoms with Crippen LogP contribution < -0.4 is 10.6 Å². The molecule has 32 heavy (non-hydrogen) atoms. The molecule has 7 nitrogen and oxygen atoms in total. The van der Waals surface area contributed by atoms with Gasteiger partial charge >= 0.3 is 12.1 Å². The fourth-order valence-electron chi connectivity index (χ4n) is 4.83. The number of hydrogen-bond acceptors (Lipinski definition) is 4. The number of nitrogens with one attached hydrogen (secondary N) is 2. The van der Waals surface area contributed by atoms with E-state index in [0.717, 1.165) is 11.1 Å². The molecule has 2 aromatic carbocycles. The third kappa shape index (κ3) is 4.77. The van der Waals surface area contributed by atoms with E-state index in [1.807, 2.05) is 24.3 Å². The summed E-state index contributed by atoms with van der Waals surface area (Å²) in [6, 6.07) is 15.8. The van der Waals surface area contributed by atoms with Crippen molar-refractivity contribution in [3.05, 3.63) is 59.7 Å². The minimum Gasteiger partial charge on any atom is -0.481 e. The molecule has 0 radical (unpaired) electrons. The van der Waals surface area contributed by atoms with E-state index in [2.05, 4.69) is 34.9 Å². The lowest BCUT2D eigenvalue weighted by Gasteiger charge is -2.18. The topological polar surface area (TPSA) is 105 Å². The highest BCUT2D eigenvalue weighted by Crippen LogP contribution is 2.44. The van der Waals surface area contributed by atoms with Crippen LogP contribution in [0.5, 0.6) is 0 Å². The van der Waals surface area contributed by atoms with E-state index >= 15 is 0 Å². The predicted molar refractivity (Wildman–Crippen MR) is 119 cm³/mol. The number of aliphatic carboxylic acids is 1. The van der Waals surface area contributed by atoms with Gasteiger partial charge in [-0.05, 0) is 48.4 Å². The van der Waals surface area contributed by atoms with Crippen molar-refractivity contribution in [2.24, 2.45) is 5.92 Å². The van der Waals surface area contributed by atoms with Crippen LogP contribution in [0.3, 0.4) is 0 Å². The van der Waals surface area contributed by atoms with Gasteiger partial charge in [-0.25, -0.2) is 4.79 Å². The highest BCUT2D eigenvalue weighted by molar-refractivity contribution is 5.81. The predicted octanol–water partition coefficient (Wildman–Crippen LogP) is 3.67. The number of hydrogen-bond donors (Lipinski definition) is 3. The van der Waals surface area contributed by atoms with E-state index in [-0.39, 0.29) is 36.8 Å². The first kappa shape index (κ1) is 21.9. The first-order valence-electron chi connectivity index (χ1n) is 11.1. The van der Waals surface area contributed by atoms with Gasteiger partial charge in [-0.2, -0.15) is 0 Å². The molecule has 3 atom stereocenters. The standard InChI is InChI=1S/C25H28N2O5/c1-15(12-23(28)29)26-24(30)16-10-11-17(13-16)27-25(31)32-14-22-20-8-4-2-6-18(20)19-7-3-5-9-21(19)22/h2-9,15-17,22H,10-14H2,1H3,(H,26,30)(H,27,31)(H,28,29)/t15-,16-,17+/m0/s1. The summed E-state index contributed by atoms with van der Waals surface area (Å²) in [7, 11) is 0. The Morgan fingerprint density at radius 1 is 1.03 bits per heavy atom. The average molecular weight is 437 g/mol. The summed E-state index contributed by atoms with van der Waals surface area (Å²) in [5.74, 6) is -1.33. The molecule has 0 unspecified atom stereocenters. The van der Waals surface area contributed by atoms with E-state index in [1.54, 1.807) is 6.92 Å². The zero-order valence-electron chi connectivity index (χ0n) is 18.0. The Morgan fingerprint density at radius 3 is 2.28 bits per heavy atom. The van der Waals surface area contributed by atoms with Crippen LogP contribution in [0.15, 0.2) is 48.5 Å². The molecule has 0 aliphatic heterocycles. The molecule has 2 aliphatic carbocycles. The molecule has 2 aromatic rings. The van der Waals surface area contributed by atoms with E-state index in [4.69, 9.17) is 9.84 Å². The van der Waals surface area contributed by atoms with Crippen LogP contribution in [-0.4, -0.2) is 41.8 Å². The normalized spacial score (nSPS) is 20.2. The van der Waals surface area contributed by atoms with Gasteiger partial charge in [-0.3, -0.25) is 9.59 Å². The van der Waals surface area contributed by atoms with Crippen molar-refractivity contribution >= 4 is 18.0 Å². The second kappa shape index (κ2) is 9.42. The summed E-state index contributed by atoms with van der Waals surface area (Å²) >= 11 is 0. The smallest absolute Gasteiger partial charge is 0.407 e. The maximum atomic E-state index is 12.5. The Hall–Kier alpha value is -3.35. The molecule has 0 aromatic heterocycles. The van der Waals surface area contributed by atoms with Crippen molar-refractivity contribution in [1.82, 2.24) is 10.6 Å². The van der Waals surface area contributed by atoms with Gasteiger partial charge in [0.15, 0.2) is 0 Å². The van der Waals surface area contributed by atoms with Crippen molar-refractivity contribution in [3.8, 4) is 11.1 Å². The summed E-state index contributed by atoms with van der Waals surface area (Å²) in [6.45, 7) is 1.93. The third-order valence-electron chi connectivity index (χ3n) is 6.34. The molecule has 0 heterocycles. The van der Waals surface area contributed by atoms with Crippen molar-refractivity contribution < 1.29 is 24.2 Å². The van der Waals surface area contributed by atoms with E-state index in [9.17, 15) is 14.4 Å². The number of fused-ring (bicyclic) bond motifs is 3. The van der Waals surface area contributed by atoms with Gasteiger partial charge in [0.05, 0.1) is 6.42 Å². The van der Waals surface area contributed by atoms with Crippen LogP contribution in [-0.2, 0) is 14.3 Å². The van der Waals surface area contributed by atoms with Gasteiger partial charge in [-0.15, -0.1) is 0 Å². The van der Waals surface area contributed by atoms with Gasteiger partial charge in [0.1, 0.15) is 6.61 Å². The quantitative estimate of drug-likeness (QED) is 0.614. The largest absolute Gasteiger partial charge is 0.481 e. The second-order valence-corrected chi connectivity index (χ2v) is 8.68. The van der Waals surface area contributed by atoms with Crippen molar-refractivity contribution in [2.75, 3.05) is 6.61 Å². The monoisotopic (exact) mass is 436 g/mol.